The van der Waals surface area contributed by atoms with Crippen molar-refractivity contribution in [2.75, 3.05) is 6.61 Å². The number of nitrogens with one attached hydrogen (secondary N) is 1. The Labute approximate surface area is 202 Å². The minimum atomic E-state index is -0.410. The first-order valence-electron chi connectivity index (χ1n) is 11.2. The maximum atomic E-state index is 12.7. The molecule has 0 radical (unpaired) electrons. The van der Waals surface area contributed by atoms with Gasteiger partial charge in [-0.2, -0.15) is 15.1 Å². The summed E-state index contributed by atoms with van der Waals surface area (Å²) in [7, 11) is 0. The van der Waals surface area contributed by atoms with Crippen LogP contribution in [0.5, 0.6) is 5.75 Å². The van der Waals surface area contributed by atoms with Gasteiger partial charge in [-0.05, 0) is 68.3 Å². The molecule has 1 N–H and O–H groups in total. The predicted octanol–water partition coefficient (Wildman–Crippen LogP) is 5.37. The second kappa shape index (κ2) is 8.95. The molecule has 0 saturated heterocycles. The van der Waals surface area contributed by atoms with Gasteiger partial charge in [-0.15, -0.1) is 0 Å². The summed E-state index contributed by atoms with van der Waals surface area (Å²) in [4.78, 5) is 16.8. The smallest absolute Gasteiger partial charge is 0.283 e. The van der Waals surface area contributed by atoms with E-state index in [1.54, 1.807) is 6.08 Å². The van der Waals surface area contributed by atoms with Gasteiger partial charge in [0.15, 0.2) is 5.84 Å². The molecule has 0 bridgehead atoms. The van der Waals surface area contributed by atoms with E-state index in [2.05, 4.69) is 40.6 Å². The fourth-order valence-corrected chi connectivity index (χ4v) is 4.85. The van der Waals surface area contributed by atoms with Crippen molar-refractivity contribution in [3.05, 3.63) is 70.9 Å². The number of rotatable bonds is 6. The van der Waals surface area contributed by atoms with E-state index in [9.17, 15) is 4.79 Å². The zero-order chi connectivity index (χ0) is 23.8. The van der Waals surface area contributed by atoms with Crippen LogP contribution in [-0.4, -0.2) is 38.1 Å². The van der Waals surface area contributed by atoms with Crippen LogP contribution >= 0.6 is 11.8 Å². The maximum Gasteiger partial charge on any atom is 0.283 e. The van der Waals surface area contributed by atoms with Crippen molar-refractivity contribution < 1.29 is 9.53 Å². The van der Waals surface area contributed by atoms with Crippen molar-refractivity contribution in [3.8, 4) is 5.75 Å². The lowest BCUT2D eigenvalue weighted by Crippen LogP contribution is -2.35. The molecule has 0 atom stereocenters. The van der Waals surface area contributed by atoms with Gasteiger partial charge in [-0.1, -0.05) is 30.3 Å². The zero-order valence-corrected chi connectivity index (χ0v) is 20.1. The Bertz CT molecular complexity index is 1420. The summed E-state index contributed by atoms with van der Waals surface area (Å²) in [6, 6.07) is 14.2. The Morgan fingerprint density at radius 3 is 2.79 bits per heavy atom. The van der Waals surface area contributed by atoms with E-state index >= 15 is 0 Å². The van der Waals surface area contributed by atoms with Crippen LogP contribution in [-0.2, 0) is 11.3 Å². The molecule has 1 amide bonds. The number of amidine groups is 2. The Hall–Kier alpha value is -3.65. The summed E-state index contributed by atoms with van der Waals surface area (Å²) >= 11 is 1.30. The van der Waals surface area contributed by atoms with E-state index in [1.807, 2.05) is 43.5 Å². The number of aromatic nitrogens is 1. The van der Waals surface area contributed by atoms with Crippen LogP contribution in [0.1, 0.15) is 30.0 Å². The molecule has 3 aromatic rings. The molecule has 0 fully saturated rings. The van der Waals surface area contributed by atoms with E-state index in [1.165, 1.54) is 27.9 Å². The normalized spacial score (nSPS) is 16.8. The van der Waals surface area contributed by atoms with Gasteiger partial charge in [0.05, 0.1) is 17.2 Å². The van der Waals surface area contributed by atoms with Gasteiger partial charge in [0, 0.05) is 29.2 Å². The maximum absolute atomic E-state index is 12.7. The first-order valence-corrected chi connectivity index (χ1v) is 12.0. The number of hydrogen-bond acceptors (Lipinski definition) is 5. The molecular weight excluding hydrogens is 446 g/mol. The monoisotopic (exact) mass is 471 g/mol. The number of benzene rings is 2. The van der Waals surface area contributed by atoms with Crippen LogP contribution in [0, 0.1) is 19.3 Å². The quantitative estimate of drug-likeness (QED) is 0.387. The van der Waals surface area contributed by atoms with Gasteiger partial charge in [-0.3, -0.25) is 10.2 Å². The highest BCUT2D eigenvalue weighted by Gasteiger charge is 2.34. The molecule has 34 heavy (non-hydrogen) atoms. The minimum absolute atomic E-state index is 0.0538. The average Bonchev–Trinajstić information content (AvgIpc) is 3.37. The number of hydrogen-bond donors (Lipinski definition) is 1. The van der Waals surface area contributed by atoms with Crippen molar-refractivity contribution >= 4 is 50.7 Å². The number of para-hydroxylation sites is 1. The molecule has 5 rings (SSSR count). The number of carbonyl (C=O) groups excluding carboxylic acids is 1. The Morgan fingerprint density at radius 1 is 1.12 bits per heavy atom. The number of thioether (sulfide) groups is 1. The summed E-state index contributed by atoms with van der Waals surface area (Å²) in [5.74, 6) is 0.570. The number of ether oxygens (including phenoxy) is 1. The highest BCUT2D eigenvalue weighted by molar-refractivity contribution is 8.26. The molecule has 0 saturated carbocycles. The van der Waals surface area contributed by atoms with E-state index in [-0.39, 0.29) is 11.4 Å². The average molecular weight is 472 g/mol. The number of aliphatic imine (C=N–C) groups is 1. The van der Waals surface area contributed by atoms with Crippen LogP contribution in [0.3, 0.4) is 0 Å². The van der Waals surface area contributed by atoms with Crippen LogP contribution in [0.15, 0.2) is 64.3 Å². The fourth-order valence-electron chi connectivity index (χ4n) is 4.12. The van der Waals surface area contributed by atoms with Crippen molar-refractivity contribution in [1.82, 2.24) is 9.58 Å². The van der Waals surface area contributed by atoms with Crippen molar-refractivity contribution in [2.24, 2.45) is 10.1 Å². The van der Waals surface area contributed by atoms with E-state index in [4.69, 9.17) is 10.1 Å². The molecule has 3 heterocycles. The Kier molecular flexibility index (Phi) is 5.83. The minimum Gasteiger partial charge on any atom is -0.493 e. The molecule has 7 nitrogen and oxygen atoms in total. The standard InChI is InChI=1S/C26H25N5O2S/c1-16-8-6-11-23(17(16)2)33-13-7-12-30-15-19(20-9-4-5-10-22(20)30)14-21-24(27)31-26(28-25(21)32)34-18(3)29-31/h4-6,8-11,14-15,27H,7,12-13H2,1-3H3/b21-14-,27-24?. The lowest BCUT2D eigenvalue weighted by atomic mass is 10.1. The van der Waals surface area contributed by atoms with Gasteiger partial charge < -0.3 is 9.30 Å². The highest BCUT2D eigenvalue weighted by Crippen LogP contribution is 2.30. The molecule has 0 spiro atoms. The molecule has 8 heteroatoms. The van der Waals surface area contributed by atoms with Gasteiger partial charge in [0.25, 0.3) is 5.91 Å². The second-order valence-electron chi connectivity index (χ2n) is 8.33. The summed E-state index contributed by atoms with van der Waals surface area (Å²) in [5.41, 5.74) is 4.59. The van der Waals surface area contributed by atoms with Gasteiger partial charge >= 0.3 is 0 Å². The van der Waals surface area contributed by atoms with E-state index in [0.29, 0.717) is 11.8 Å². The zero-order valence-electron chi connectivity index (χ0n) is 19.3. The fraction of sp³-hybridized carbons (Fsp3) is 0.231. The molecule has 172 valence electrons. The van der Waals surface area contributed by atoms with E-state index in [0.717, 1.165) is 40.2 Å². The number of carbonyl (C=O) groups is 1. The predicted molar refractivity (Wildman–Crippen MR) is 139 cm³/mol. The molecule has 1 aromatic heterocycles. The first-order chi connectivity index (χ1) is 16.4. The first kappa shape index (κ1) is 22.2. The third-order valence-corrected chi connectivity index (χ3v) is 6.85. The SMILES string of the molecule is CC1=NN2C(=N)/C(=C/c3cn(CCCOc4cccc(C)c4C)c4ccccc34)C(=O)N=C2S1. The third-order valence-electron chi connectivity index (χ3n) is 6.03. The molecule has 0 unspecified atom stereocenters. The van der Waals surface area contributed by atoms with Crippen LogP contribution in [0.25, 0.3) is 17.0 Å². The summed E-state index contributed by atoms with van der Waals surface area (Å²) < 4.78 is 8.20. The Morgan fingerprint density at radius 2 is 1.94 bits per heavy atom. The Balaban J connectivity index is 1.37. The van der Waals surface area contributed by atoms with E-state index < -0.39 is 5.91 Å². The lowest BCUT2D eigenvalue weighted by Gasteiger charge is -2.20. The third kappa shape index (κ3) is 4.05. The van der Waals surface area contributed by atoms with Crippen molar-refractivity contribution in [2.45, 2.75) is 33.7 Å². The summed E-state index contributed by atoms with van der Waals surface area (Å²) in [5, 5.41) is 16.5. The molecule has 0 aliphatic carbocycles. The molecule has 2 aliphatic heterocycles. The number of nitrogens with zero attached hydrogens (tertiary/aromatic N) is 4. The van der Waals surface area contributed by atoms with Gasteiger partial charge in [-0.25, -0.2) is 0 Å². The van der Waals surface area contributed by atoms with Gasteiger partial charge in [0.1, 0.15) is 5.75 Å². The topological polar surface area (TPSA) is 83.0 Å². The van der Waals surface area contributed by atoms with Crippen LogP contribution < -0.4 is 4.74 Å². The number of amides is 1. The summed E-state index contributed by atoms with van der Waals surface area (Å²) in [6.07, 6.45) is 4.62. The highest BCUT2D eigenvalue weighted by atomic mass is 32.2. The van der Waals surface area contributed by atoms with Crippen molar-refractivity contribution in [3.63, 3.8) is 0 Å². The molecule has 2 aromatic carbocycles. The molecule has 2 aliphatic rings. The number of aryl methyl sites for hydroxylation is 2. The largest absolute Gasteiger partial charge is 0.493 e. The lowest BCUT2D eigenvalue weighted by molar-refractivity contribution is -0.114. The summed E-state index contributed by atoms with van der Waals surface area (Å²) in [6.45, 7) is 7.38. The second-order valence-corrected chi connectivity index (χ2v) is 9.49. The molecular formula is C26H25N5O2S. The van der Waals surface area contributed by atoms with Crippen molar-refractivity contribution in [1.29, 1.82) is 5.41 Å². The number of hydrazone groups is 1. The number of fused-ring (bicyclic) bond motifs is 2. The van der Waals surface area contributed by atoms with Gasteiger partial charge in [0.2, 0.25) is 5.17 Å². The van der Waals surface area contributed by atoms with Crippen LogP contribution in [0.4, 0.5) is 0 Å². The van der Waals surface area contributed by atoms with Crippen LogP contribution in [0.2, 0.25) is 0 Å².